The second kappa shape index (κ2) is 7.93. The van der Waals surface area contributed by atoms with Gasteiger partial charge in [-0.1, -0.05) is 11.6 Å². The summed E-state index contributed by atoms with van der Waals surface area (Å²) >= 11 is 6.08. The number of carbonyl (C=O) groups excluding carboxylic acids is 1. The van der Waals surface area contributed by atoms with Crippen molar-refractivity contribution in [2.45, 2.75) is 33.5 Å². The Morgan fingerprint density at radius 2 is 1.86 bits per heavy atom. The second-order valence-corrected chi connectivity index (χ2v) is 6.56. The molecule has 0 radical (unpaired) electrons. The van der Waals surface area contributed by atoms with Crippen molar-refractivity contribution < 1.29 is 9.53 Å². The summed E-state index contributed by atoms with van der Waals surface area (Å²) in [6, 6.07) is 6.56. The van der Waals surface area contributed by atoms with Gasteiger partial charge >= 0.3 is 5.69 Å². The van der Waals surface area contributed by atoms with Crippen LogP contribution in [0.2, 0.25) is 5.02 Å². The summed E-state index contributed by atoms with van der Waals surface area (Å²) in [5.74, 6) is 0.198. The van der Waals surface area contributed by atoms with Crippen molar-refractivity contribution in [3.63, 3.8) is 0 Å². The molecule has 1 N–H and O–H groups in total. The SMILES string of the molecule is CCn1c(=O)c2ccn(CC(=O)Nc3ccc(OC)c(Cl)c3)c2n(CC)c1=O. The zero-order valence-electron chi connectivity index (χ0n) is 15.9. The van der Waals surface area contributed by atoms with E-state index in [-0.39, 0.29) is 30.2 Å². The average molecular weight is 405 g/mol. The van der Waals surface area contributed by atoms with Crippen LogP contribution in [0.1, 0.15) is 13.8 Å². The Hall–Kier alpha value is -3.00. The van der Waals surface area contributed by atoms with Crippen molar-refractivity contribution >= 4 is 34.2 Å². The van der Waals surface area contributed by atoms with Crippen LogP contribution in [0.25, 0.3) is 11.0 Å². The van der Waals surface area contributed by atoms with Crippen LogP contribution < -0.4 is 21.3 Å². The van der Waals surface area contributed by atoms with E-state index in [1.165, 1.54) is 16.2 Å². The summed E-state index contributed by atoms with van der Waals surface area (Å²) in [4.78, 5) is 37.6. The highest BCUT2D eigenvalue weighted by atomic mass is 35.5. The third-order valence-electron chi connectivity index (χ3n) is 4.51. The highest BCUT2D eigenvalue weighted by Gasteiger charge is 2.16. The molecule has 2 heterocycles. The van der Waals surface area contributed by atoms with Gasteiger partial charge in [-0.15, -0.1) is 0 Å². The monoisotopic (exact) mass is 404 g/mol. The van der Waals surface area contributed by atoms with Crippen molar-refractivity contribution in [1.29, 1.82) is 0 Å². The molecule has 0 saturated heterocycles. The molecule has 0 fully saturated rings. The molecule has 0 spiro atoms. The van der Waals surface area contributed by atoms with Crippen LogP contribution in [-0.2, 0) is 24.4 Å². The van der Waals surface area contributed by atoms with Gasteiger partial charge in [-0.2, -0.15) is 0 Å². The summed E-state index contributed by atoms with van der Waals surface area (Å²) < 4.78 is 9.38. The van der Waals surface area contributed by atoms with Crippen molar-refractivity contribution in [2.75, 3.05) is 12.4 Å². The number of fused-ring (bicyclic) bond motifs is 1. The van der Waals surface area contributed by atoms with E-state index in [1.807, 2.05) is 6.92 Å². The van der Waals surface area contributed by atoms with Gasteiger partial charge in [0, 0.05) is 25.0 Å². The molecule has 28 heavy (non-hydrogen) atoms. The number of nitrogens with one attached hydrogen (secondary N) is 1. The standard InChI is InChI=1S/C19H21ClN4O4/c1-4-23-17-13(18(26)24(5-2)19(23)27)8-9-22(17)11-16(25)21-12-6-7-15(28-3)14(20)10-12/h6-10H,4-5,11H2,1-3H3,(H,21,25). The molecule has 0 bridgehead atoms. The fourth-order valence-electron chi connectivity index (χ4n) is 3.19. The smallest absolute Gasteiger partial charge is 0.332 e. The Morgan fingerprint density at radius 3 is 2.46 bits per heavy atom. The first-order chi connectivity index (χ1) is 13.4. The number of carbonyl (C=O) groups is 1. The predicted octanol–water partition coefficient (Wildman–Crippen LogP) is 2.31. The summed E-state index contributed by atoms with van der Waals surface area (Å²) in [5.41, 5.74) is 0.219. The van der Waals surface area contributed by atoms with Gasteiger partial charge in [-0.05, 0) is 38.1 Å². The molecule has 0 aliphatic rings. The van der Waals surface area contributed by atoms with Crippen molar-refractivity contribution in [3.8, 4) is 5.75 Å². The fourth-order valence-corrected chi connectivity index (χ4v) is 3.45. The number of hydrogen-bond donors (Lipinski definition) is 1. The molecule has 0 aliphatic heterocycles. The van der Waals surface area contributed by atoms with E-state index in [1.54, 1.807) is 42.0 Å². The molecule has 0 saturated carbocycles. The number of ether oxygens (including phenoxy) is 1. The van der Waals surface area contributed by atoms with E-state index >= 15 is 0 Å². The molecule has 2 aromatic heterocycles. The predicted molar refractivity (Wildman–Crippen MR) is 108 cm³/mol. The molecule has 3 aromatic rings. The topological polar surface area (TPSA) is 87.3 Å². The molecule has 3 rings (SSSR count). The Labute approximate surface area is 165 Å². The Balaban J connectivity index is 1.94. The minimum Gasteiger partial charge on any atom is -0.495 e. The van der Waals surface area contributed by atoms with Crippen LogP contribution in [0, 0.1) is 0 Å². The average Bonchev–Trinajstić information content (AvgIpc) is 3.06. The highest BCUT2D eigenvalue weighted by molar-refractivity contribution is 6.32. The van der Waals surface area contributed by atoms with Gasteiger partial charge in [0.2, 0.25) is 5.91 Å². The number of methoxy groups -OCH3 is 1. The van der Waals surface area contributed by atoms with E-state index in [0.29, 0.717) is 34.0 Å². The number of rotatable bonds is 6. The summed E-state index contributed by atoms with van der Waals surface area (Å²) in [5, 5.41) is 3.54. The third-order valence-corrected chi connectivity index (χ3v) is 4.80. The number of aryl methyl sites for hydroxylation is 1. The van der Waals surface area contributed by atoms with E-state index in [4.69, 9.17) is 16.3 Å². The summed E-state index contributed by atoms with van der Waals surface area (Å²) in [6.45, 7) is 4.19. The first-order valence-corrected chi connectivity index (χ1v) is 9.24. The van der Waals surface area contributed by atoms with Crippen LogP contribution in [0.15, 0.2) is 40.1 Å². The van der Waals surface area contributed by atoms with Gasteiger partial charge in [-0.25, -0.2) is 4.79 Å². The van der Waals surface area contributed by atoms with Crippen molar-refractivity contribution in [2.24, 2.45) is 0 Å². The van der Waals surface area contributed by atoms with Gasteiger partial charge in [0.1, 0.15) is 17.9 Å². The first-order valence-electron chi connectivity index (χ1n) is 8.87. The molecule has 0 unspecified atom stereocenters. The minimum atomic E-state index is -0.384. The molecular weight excluding hydrogens is 384 g/mol. The van der Waals surface area contributed by atoms with Crippen molar-refractivity contribution in [3.05, 3.63) is 56.3 Å². The maximum Gasteiger partial charge on any atom is 0.332 e. The Morgan fingerprint density at radius 1 is 1.14 bits per heavy atom. The lowest BCUT2D eigenvalue weighted by Crippen LogP contribution is -2.39. The Bertz CT molecular complexity index is 1160. The lowest BCUT2D eigenvalue weighted by atomic mass is 10.3. The van der Waals surface area contributed by atoms with Crippen LogP contribution in [0.4, 0.5) is 5.69 Å². The Kier molecular flexibility index (Phi) is 5.60. The lowest BCUT2D eigenvalue weighted by molar-refractivity contribution is -0.116. The minimum absolute atomic E-state index is 0.0534. The number of nitrogens with zero attached hydrogens (tertiary/aromatic N) is 3. The highest BCUT2D eigenvalue weighted by Crippen LogP contribution is 2.27. The number of amides is 1. The van der Waals surface area contributed by atoms with Gasteiger partial charge < -0.3 is 14.6 Å². The van der Waals surface area contributed by atoms with Crippen LogP contribution >= 0.6 is 11.6 Å². The lowest BCUT2D eigenvalue weighted by Gasteiger charge is -2.13. The first kappa shape index (κ1) is 19.8. The maximum absolute atomic E-state index is 12.6. The fraction of sp³-hybridized carbons (Fsp3) is 0.316. The van der Waals surface area contributed by atoms with Crippen LogP contribution in [-0.4, -0.2) is 26.7 Å². The molecular formula is C19H21ClN4O4. The van der Waals surface area contributed by atoms with Gasteiger partial charge in [0.25, 0.3) is 5.56 Å². The molecule has 8 nitrogen and oxygen atoms in total. The number of benzene rings is 1. The summed E-state index contributed by atoms with van der Waals surface area (Å²) in [7, 11) is 1.51. The van der Waals surface area contributed by atoms with E-state index in [0.717, 1.165) is 0 Å². The van der Waals surface area contributed by atoms with Gasteiger partial charge in [0.05, 0.1) is 17.5 Å². The van der Waals surface area contributed by atoms with E-state index in [9.17, 15) is 14.4 Å². The number of anilines is 1. The van der Waals surface area contributed by atoms with E-state index < -0.39 is 0 Å². The van der Waals surface area contributed by atoms with Crippen LogP contribution in [0.3, 0.4) is 0 Å². The normalized spacial score (nSPS) is 11.0. The zero-order valence-corrected chi connectivity index (χ0v) is 16.6. The third kappa shape index (κ3) is 3.43. The zero-order chi connectivity index (χ0) is 20.4. The molecule has 1 aromatic carbocycles. The maximum atomic E-state index is 12.6. The second-order valence-electron chi connectivity index (χ2n) is 6.15. The van der Waals surface area contributed by atoms with E-state index in [2.05, 4.69) is 5.32 Å². The van der Waals surface area contributed by atoms with Crippen molar-refractivity contribution in [1.82, 2.24) is 13.7 Å². The molecule has 0 atom stereocenters. The molecule has 9 heteroatoms. The summed E-state index contributed by atoms with van der Waals surface area (Å²) in [6.07, 6.45) is 1.64. The molecule has 148 valence electrons. The number of halogens is 1. The van der Waals surface area contributed by atoms with Gasteiger partial charge in [0.15, 0.2) is 0 Å². The van der Waals surface area contributed by atoms with Gasteiger partial charge in [-0.3, -0.25) is 18.7 Å². The van der Waals surface area contributed by atoms with Crippen LogP contribution in [0.5, 0.6) is 5.75 Å². The number of hydrogen-bond acceptors (Lipinski definition) is 4. The number of aromatic nitrogens is 3. The molecule has 1 amide bonds. The molecule has 0 aliphatic carbocycles. The quantitative estimate of drug-likeness (QED) is 0.683. The largest absolute Gasteiger partial charge is 0.495 e.